The van der Waals surface area contributed by atoms with Crippen LogP contribution in [0.1, 0.15) is 28.8 Å². The topological polar surface area (TPSA) is 76.5 Å². The Hall–Kier alpha value is -3.52. The molecule has 7 nitrogen and oxygen atoms in total. The summed E-state index contributed by atoms with van der Waals surface area (Å²) in [6.45, 7) is 1.81. The van der Waals surface area contributed by atoms with Crippen LogP contribution in [0.4, 0.5) is 10.1 Å². The molecule has 0 bridgehead atoms. The van der Waals surface area contributed by atoms with Crippen molar-refractivity contribution in [1.29, 1.82) is 0 Å². The molecule has 8 heteroatoms. The lowest BCUT2D eigenvalue weighted by Crippen LogP contribution is -2.44. The van der Waals surface area contributed by atoms with Crippen LogP contribution in [0.2, 0.25) is 0 Å². The van der Waals surface area contributed by atoms with Gasteiger partial charge in [0.15, 0.2) is 0 Å². The first kappa shape index (κ1) is 21.7. The van der Waals surface area contributed by atoms with Gasteiger partial charge in [-0.1, -0.05) is 42.5 Å². The van der Waals surface area contributed by atoms with Gasteiger partial charge < -0.3 is 15.0 Å². The van der Waals surface area contributed by atoms with Crippen LogP contribution in [-0.4, -0.2) is 45.7 Å². The molecule has 0 radical (unpaired) electrons. The first-order chi connectivity index (χ1) is 15.6. The summed E-state index contributed by atoms with van der Waals surface area (Å²) in [5.74, 6) is -1.22. The van der Waals surface area contributed by atoms with Crippen LogP contribution < -0.4 is 5.32 Å². The molecule has 2 aromatic carbocycles. The summed E-state index contributed by atoms with van der Waals surface area (Å²) in [4.78, 5) is 26.8. The molecule has 1 atom stereocenters. The molecule has 1 unspecified atom stereocenters. The minimum atomic E-state index is -0.596. The van der Waals surface area contributed by atoms with E-state index in [2.05, 4.69) is 10.4 Å². The number of hydrogen-bond donors (Lipinski definition) is 1. The van der Waals surface area contributed by atoms with E-state index in [1.807, 2.05) is 30.3 Å². The van der Waals surface area contributed by atoms with Gasteiger partial charge in [0, 0.05) is 19.3 Å². The Morgan fingerprint density at radius 2 is 1.91 bits per heavy atom. The molecule has 0 aliphatic carbocycles. The van der Waals surface area contributed by atoms with Crippen molar-refractivity contribution in [3.05, 3.63) is 83.9 Å². The monoisotopic (exact) mass is 436 g/mol. The van der Waals surface area contributed by atoms with Crippen LogP contribution in [0.25, 0.3) is 0 Å². The van der Waals surface area contributed by atoms with Gasteiger partial charge in [0.1, 0.15) is 12.4 Å². The minimum Gasteiger partial charge on any atom is -0.372 e. The number of rotatable bonds is 7. The maximum atomic E-state index is 13.8. The van der Waals surface area contributed by atoms with Gasteiger partial charge in [0.2, 0.25) is 5.91 Å². The molecule has 0 spiro atoms. The van der Waals surface area contributed by atoms with E-state index < -0.39 is 11.7 Å². The summed E-state index contributed by atoms with van der Waals surface area (Å²) in [6, 6.07) is 15.7. The zero-order chi connectivity index (χ0) is 22.3. The van der Waals surface area contributed by atoms with Gasteiger partial charge in [0.05, 0.1) is 30.2 Å². The average Bonchev–Trinajstić information content (AvgIpc) is 3.25. The predicted octanol–water partition coefficient (Wildman–Crippen LogP) is 3.48. The fraction of sp³-hybridized carbons (Fsp3) is 0.292. The molecule has 2 heterocycles. The summed E-state index contributed by atoms with van der Waals surface area (Å²) in [7, 11) is 0. The van der Waals surface area contributed by atoms with E-state index in [1.165, 1.54) is 29.1 Å². The Morgan fingerprint density at radius 1 is 1.12 bits per heavy atom. The highest BCUT2D eigenvalue weighted by Crippen LogP contribution is 2.16. The number of amides is 2. The summed E-state index contributed by atoms with van der Waals surface area (Å²) < 4.78 is 21.2. The van der Waals surface area contributed by atoms with E-state index >= 15 is 0 Å². The third-order valence-corrected chi connectivity index (χ3v) is 5.37. The average molecular weight is 436 g/mol. The largest absolute Gasteiger partial charge is 0.372 e. The molecule has 1 aliphatic heterocycles. The third-order valence-electron chi connectivity index (χ3n) is 5.37. The molecule has 32 heavy (non-hydrogen) atoms. The standard InChI is InChI=1S/C24H25FN4O3/c25-22-11-5-4-10-21(22)24(31)27-19-13-26-29(14-19)16-23(30)28-12-6-9-20(15-28)32-17-18-7-2-1-3-8-18/h1-5,7-8,10-11,13-14,20H,6,9,12,15-17H2,(H,27,31). The van der Waals surface area contributed by atoms with E-state index in [1.54, 1.807) is 17.2 Å². The fourth-order valence-electron chi connectivity index (χ4n) is 3.69. The van der Waals surface area contributed by atoms with Gasteiger partial charge in [-0.05, 0) is 30.5 Å². The second-order valence-electron chi connectivity index (χ2n) is 7.76. The molecular weight excluding hydrogens is 411 g/mol. The highest BCUT2D eigenvalue weighted by Gasteiger charge is 2.24. The Kier molecular flexibility index (Phi) is 6.91. The number of carbonyl (C=O) groups excluding carboxylic acids is 2. The van der Waals surface area contributed by atoms with E-state index in [-0.39, 0.29) is 24.1 Å². The lowest BCUT2D eigenvalue weighted by atomic mass is 10.1. The van der Waals surface area contributed by atoms with Gasteiger partial charge in [-0.25, -0.2) is 4.39 Å². The predicted molar refractivity (Wildman–Crippen MR) is 117 cm³/mol. The van der Waals surface area contributed by atoms with E-state index in [9.17, 15) is 14.0 Å². The van der Waals surface area contributed by atoms with Crippen LogP contribution in [-0.2, 0) is 22.7 Å². The van der Waals surface area contributed by atoms with E-state index in [0.29, 0.717) is 25.4 Å². The number of piperidine rings is 1. The van der Waals surface area contributed by atoms with Crippen molar-refractivity contribution in [3.8, 4) is 0 Å². The summed E-state index contributed by atoms with van der Waals surface area (Å²) in [6.07, 6.45) is 4.80. The summed E-state index contributed by atoms with van der Waals surface area (Å²) in [5.41, 5.74) is 1.46. The fourth-order valence-corrected chi connectivity index (χ4v) is 3.69. The first-order valence-electron chi connectivity index (χ1n) is 10.6. The lowest BCUT2D eigenvalue weighted by molar-refractivity contribution is -0.136. The lowest BCUT2D eigenvalue weighted by Gasteiger charge is -2.32. The van der Waals surface area contributed by atoms with Crippen LogP contribution >= 0.6 is 0 Å². The molecule has 1 fully saturated rings. The normalized spacial score (nSPS) is 16.0. The number of aromatic nitrogens is 2. The smallest absolute Gasteiger partial charge is 0.258 e. The Bertz CT molecular complexity index is 1070. The number of anilines is 1. The first-order valence-corrected chi connectivity index (χ1v) is 10.6. The van der Waals surface area contributed by atoms with Gasteiger partial charge in [0.25, 0.3) is 5.91 Å². The van der Waals surface area contributed by atoms with Crippen molar-refractivity contribution in [2.24, 2.45) is 0 Å². The molecule has 0 saturated carbocycles. The summed E-state index contributed by atoms with van der Waals surface area (Å²) in [5, 5.41) is 6.75. The van der Waals surface area contributed by atoms with Crippen LogP contribution in [0.3, 0.4) is 0 Å². The number of ether oxygens (including phenoxy) is 1. The zero-order valence-electron chi connectivity index (χ0n) is 17.6. The molecule has 166 valence electrons. The van der Waals surface area contributed by atoms with Crippen molar-refractivity contribution in [3.63, 3.8) is 0 Å². The molecular formula is C24H25FN4O3. The van der Waals surface area contributed by atoms with Crippen molar-refractivity contribution in [1.82, 2.24) is 14.7 Å². The van der Waals surface area contributed by atoms with Crippen LogP contribution in [0.5, 0.6) is 0 Å². The number of carbonyl (C=O) groups is 2. The maximum absolute atomic E-state index is 13.8. The Morgan fingerprint density at radius 3 is 2.72 bits per heavy atom. The van der Waals surface area contributed by atoms with Crippen LogP contribution in [0, 0.1) is 5.82 Å². The second kappa shape index (κ2) is 10.2. The highest BCUT2D eigenvalue weighted by molar-refractivity contribution is 6.04. The number of nitrogens with one attached hydrogen (secondary N) is 1. The second-order valence-corrected chi connectivity index (χ2v) is 7.76. The molecule has 2 amide bonds. The number of halogens is 1. The molecule has 1 aliphatic rings. The summed E-state index contributed by atoms with van der Waals surface area (Å²) >= 11 is 0. The van der Waals surface area contributed by atoms with Crippen LogP contribution in [0.15, 0.2) is 67.0 Å². The van der Waals surface area contributed by atoms with Crippen molar-refractivity contribution >= 4 is 17.5 Å². The van der Waals surface area contributed by atoms with Crippen molar-refractivity contribution in [2.75, 3.05) is 18.4 Å². The molecule has 3 aromatic rings. The van der Waals surface area contributed by atoms with E-state index in [4.69, 9.17) is 4.74 Å². The molecule has 1 aromatic heterocycles. The quantitative estimate of drug-likeness (QED) is 0.615. The van der Waals surface area contributed by atoms with Gasteiger partial charge in [-0.15, -0.1) is 0 Å². The van der Waals surface area contributed by atoms with Gasteiger partial charge in [-0.3, -0.25) is 14.3 Å². The number of nitrogens with zero attached hydrogens (tertiary/aromatic N) is 3. The van der Waals surface area contributed by atoms with Crippen molar-refractivity contribution in [2.45, 2.75) is 32.1 Å². The third kappa shape index (κ3) is 5.59. The Labute approximate surface area is 185 Å². The maximum Gasteiger partial charge on any atom is 0.258 e. The molecule has 1 saturated heterocycles. The van der Waals surface area contributed by atoms with Gasteiger partial charge >= 0.3 is 0 Å². The molecule has 4 rings (SSSR count). The number of likely N-dealkylation sites (tertiary alicyclic amines) is 1. The molecule has 1 N–H and O–H groups in total. The zero-order valence-corrected chi connectivity index (χ0v) is 17.6. The highest BCUT2D eigenvalue weighted by atomic mass is 19.1. The van der Waals surface area contributed by atoms with Gasteiger partial charge in [-0.2, -0.15) is 5.10 Å². The van der Waals surface area contributed by atoms with E-state index in [0.717, 1.165) is 18.4 Å². The number of benzene rings is 2. The van der Waals surface area contributed by atoms with Crippen molar-refractivity contribution < 1.29 is 18.7 Å². The minimum absolute atomic E-state index is 0.00106. The Balaban J connectivity index is 1.28. The number of hydrogen-bond acceptors (Lipinski definition) is 4. The SMILES string of the molecule is O=C(Nc1cnn(CC(=O)N2CCCC(OCc3ccccc3)C2)c1)c1ccccc1F.